The quantitative estimate of drug-likeness (QED) is 0.779. The average Bonchev–Trinajstić information content (AvgIpc) is 2.67. The van der Waals surface area contributed by atoms with E-state index in [1.807, 2.05) is 30.3 Å². The Kier molecular flexibility index (Phi) is 6.03. The van der Waals surface area contributed by atoms with Crippen LogP contribution in [0.5, 0.6) is 0 Å². The van der Waals surface area contributed by atoms with Crippen LogP contribution in [0.1, 0.15) is 35.3 Å². The highest BCUT2D eigenvalue weighted by molar-refractivity contribution is 8.14. The lowest BCUT2D eigenvalue weighted by Gasteiger charge is -2.20. The Hall–Kier alpha value is -2.93. The first-order valence-electron chi connectivity index (χ1n) is 8.47. The maximum absolute atomic E-state index is 12.1. The zero-order valence-electron chi connectivity index (χ0n) is 14.8. The highest BCUT2D eigenvalue weighted by atomic mass is 32.2. The van der Waals surface area contributed by atoms with Crippen LogP contribution in [-0.4, -0.2) is 28.5 Å². The highest BCUT2D eigenvalue weighted by Crippen LogP contribution is 2.25. The number of amidine groups is 1. The number of rotatable bonds is 5. The summed E-state index contributed by atoms with van der Waals surface area (Å²) in [5, 5.41) is 5.92. The molecule has 1 heterocycles. The third-order valence-corrected chi connectivity index (χ3v) is 4.89. The van der Waals surface area contributed by atoms with Crippen molar-refractivity contribution in [3.05, 3.63) is 65.7 Å². The molecule has 7 heteroatoms. The number of amides is 2. The third-order valence-electron chi connectivity index (χ3n) is 4.00. The van der Waals surface area contributed by atoms with Gasteiger partial charge >= 0.3 is 0 Å². The molecule has 6 nitrogen and oxygen atoms in total. The van der Waals surface area contributed by atoms with Crippen molar-refractivity contribution in [2.75, 3.05) is 11.1 Å². The van der Waals surface area contributed by atoms with Crippen molar-refractivity contribution in [1.82, 2.24) is 5.32 Å². The number of carbonyl (C=O) groups is 3. The number of anilines is 1. The Labute approximate surface area is 161 Å². The topological polar surface area (TPSA) is 87.6 Å². The standard InChI is InChI=1S/C20H19N3O3S/c1-13(24)14-7-9-16(10-8-14)21-19(26)12-27-20-22-17(11-18(25)23-20)15-5-3-2-4-6-15/h2-10,17H,11-12H2,1H3,(H,21,26)(H,22,23,25)/t17-/m0/s1. The molecule has 0 saturated carbocycles. The van der Waals surface area contributed by atoms with E-state index in [-0.39, 0.29) is 29.4 Å². The number of ketones is 1. The molecular weight excluding hydrogens is 362 g/mol. The molecule has 27 heavy (non-hydrogen) atoms. The zero-order valence-corrected chi connectivity index (χ0v) is 15.6. The first-order valence-corrected chi connectivity index (χ1v) is 9.46. The SMILES string of the molecule is CC(=O)c1ccc(NC(=O)CSC2=N[C@H](c3ccccc3)CC(=O)N2)cc1. The molecule has 138 valence electrons. The minimum Gasteiger partial charge on any atom is -0.325 e. The molecule has 0 aliphatic carbocycles. The normalized spacial score (nSPS) is 16.3. The summed E-state index contributed by atoms with van der Waals surface area (Å²) in [6.45, 7) is 1.49. The van der Waals surface area contributed by atoms with E-state index in [4.69, 9.17) is 0 Å². The van der Waals surface area contributed by atoms with E-state index < -0.39 is 0 Å². The van der Waals surface area contributed by atoms with E-state index in [1.165, 1.54) is 18.7 Å². The molecule has 1 atom stereocenters. The predicted octanol–water partition coefficient (Wildman–Crippen LogP) is 3.18. The van der Waals surface area contributed by atoms with E-state index in [1.54, 1.807) is 24.3 Å². The Bertz CT molecular complexity index is 879. The van der Waals surface area contributed by atoms with Gasteiger partial charge in [-0.3, -0.25) is 19.4 Å². The molecule has 0 unspecified atom stereocenters. The lowest BCUT2D eigenvalue weighted by Crippen LogP contribution is -2.35. The number of nitrogens with one attached hydrogen (secondary N) is 2. The molecule has 0 saturated heterocycles. The van der Waals surface area contributed by atoms with Crippen LogP contribution in [0.3, 0.4) is 0 Å². The minimum absolute atomic E-state index is 0.0255. The van der Waals surface area contributed by atoms with Gasteiger partial charge in [0.2, 0.25) is 11.8 Å². The van der Waals surface area contributed by atoms with Crippen LogP contribution in [0.2, 0.25) is 0 Å². The summed E-state index contributed by atoms with van der Waals surface area (Å²) < 4.78 is 0. The van der Waals surface area contributed by atoms with Gasteiger partial charge in [0.15, 0.2) is 11.0 Å². The van der Waals surface area contributed by atoms with Gasteiger partial charge in [0.25, 0.3) is 0 Å². The first-order chi connectivity index (χ1) is 13.0. The number of aliphatic imine (C=N–C) groups is 1. The highest BCUT2D eigenvalue weighted by Gasteiger charge is 2.23. The van der Waals surface area contributed by atoms with Crippen molar-refractivity contribution in [3.8, 4) is 0 Å². The van der Waals surface area contributed by atoms with Gasteiger partial charge in [0.05, 0.1) is 18.2 Å². The summed E-state index contributed by atoms with van der Waals surface area (Å²) in [6, 6.07) is 16.1. The van der Waals surface area contributed by atoms with E-state index in [2.05, 4.69) is 15.6 Å². The number of nitrogens with zero attached hydrogens (tertiary/aromatic N) is 1. The Morgan fingerprint density at radius 1 is 1.15 bits per heavy atom. The molecule has 2 aromatic rings. The number of hydrogen-bond donors (Lipinski definition) is 2. The molecule has 2 N–H and O–H groups in total. The summed E-state index contributed by atoms with van der Waals surface area (Å²) in [6.07, 6.45) is 0.294. The van der Waals surface area contributed by atoms with E-state index in [0.29, 0.717) is 22.8 Å². The van der Waals surface area contributed by atoms with E-state index >= 15 is 0 Å². The van der Waals surface area contributed by atoms with Crippen LogP contribution in [0.15, 0.2) is 59.6 Å². The summed E-state index contributed by atoms with van der Waals surface area (Å²) in [4.78, 5) is 39.9. The van der Waals surface area contributed by atoms with Crippen LogP contribution in [0, 0.1) is 0 Å². The smallest absolute Gasteiger partial charge is 0.234 e. The lowest BCUT2D eigenvalue weighted by atomic mass is 10.0. The van der Waals surface area contributed by atoms with Crippen LogP contribution < -0.4 is 10.6 Å². The summed E-state index contributed by atoms with van der Waals surface area (Å²) >= 11 is 1.19. The van der Waals surface area contributed by atoms with E-state index in [9.17, 15) is 14.4 Å². The zero-order chi connectivity index (χ0) is 19.2. The number of carbonyl (C=O) groups excluding carboxylic acids is 3. The predicted molar refractivity (Wildman–Crippen MR) is 107 cm³/mol. The molecule has 1 aliphatic heterocycles. The fraction of sp³-hybridized carbons (Fsp3) is 0.200. The van der Waals surface area contributed by atoms with Gasteiger partial charge < -0.3 is 10.6 Å². The second kappa shape index (κ2) is 8.64. The number of Topliss-reactive ketones (excluding diaryl/α,β-unsaturated/α-hetero) is 1. The van der Waals surface area contributed by atoms with Crippen LogP contribution in [0.25, 0.3) is 0 Å². The Morgan fingerprint density at radius 3 is 2.52 bits per heavy atom. The maximum Gasteiger partial charge on any atom is 0.234 e. The van der Waals surface area contributed by atoms with Gasteiger partial charge in [-0.25, -0.2) is 0 Å². The van der Waals surface area contributed by atoms with Crippen LogP contribution in [0.4, 0.5) is 5.69 Å². The van der Waals surface area contributed by atoms with Crippen molar-refractivity contribution in [2.45, 2.75) is 19.4 Å². The molecular formula is C20H19N3O3S. The molecule has 0 spiro atoms. The number of hydrogen-bond acceptors (Lipinski definition) is 5. The molecule has 0 radical (unpaired) electrons. The first kappa shape index (κ1) is 18.8. The molecule has 2 aromatic carbocycles. The van der Waals surface area contributed by atoms with Gasteiger partial charge in [-0.1, -0.05) is 42.1 Å². The van der Waals surface area contributed by atoms with Crippen LogP contribution >= 0.6 is 11.8 Å². The molecule has 0 fully saturated rings. The molecule has 3 rings (SSSR count). The number of thioether (sulfide) groups is 1. The molecule has 2 amide bonds. The van der Waals surface area contributed by atoms with Gasteiger partial charge in [-0.2, -0.15) is 0 Å². The monoisotopic (exact) mass is 381 g/mol. The number of benzene rings is 2. The third kappa shape index (κ3) is 5.27. The summed E-state index contributed by atoms with van der Waals surface area (Å²) in [7, 11) is 0. The molecule has 0 bridgehead atoms. The fourth-order valence-corrected chi connectivity index (χ4v) is 3.35. The van der Waals surface area contributed by atoms with Gasteiger partial charge in [-0.15, -0.1) is 0 Å². The second-order valence-corrected chi connectivity index (χ2v) is 7.05. The summed E-state index contributed by atoms with van der Waals surface area (Å²) in [5.41, 5.74) is 2.18. The van der Waals surface area contributed by atoms with Crippen molar-refractivity contribution in [3.63, 3.8) is 0 Å². The Balaban J connectivity index is 1.58. The Morgan fingerprint density at radius 2 is 1.85 bits per heavy atom. The van der Waals surface area contributed by atoms with Crippen molar-refractivity contribution < 1.29 is 14.4 Å². The van der Waals surface area contributed by atoms with Crippen molar-refractivity contribution in [2.24, 2.45) is 4.99 Å². The summed E-state index contributed by atoms with van der Waals surface area (Å²) in [5.74, 6) is -0.229. The van der Waals surface area contributed by atoms with Crippen molar-refractivity contribution in [1.29, 1.82) is 0 Å². The molecule has 0 aromatic heterocycles. The van der Waals surface area contributed by atoms with Crippen molar-refractivity contribution >= 4 is 40.2 Å². The van der Waals surface area contributed by atoms with Crippen LogP contribution in [-0.2, 0) is 9.59 Å². The minimum atomic E-state index is -0.232. The van der Waals surface area contributed by atoms with Gasteiger partial charge in [-0.05, 0) is 36.8 Å². The molecule has 1 aliphatic rings. The van der Waals surface area contributed by atoms with Gasteiger partial charge in [0.1, 0.15) is 0 Å². The fourth-order valence-electron chi connectivity index (χ4n) is 2.63. The second-order valence-electron chi connectivity index (χ2n) is 6.08. The average molecular weight is 381 g/mol. The largest absolute Gasteiger partial charge is 0.325 e. The van der Waals surface area contributed by atoms with E-state index in [0.717, 1.165) is 5.56 Å². The van der Waals surface area contributed by atoms with Gasteiger partial charge in [0, 0.05) is 11.3 Å². The maximum atomic E-state index is 12.1. The lowest BCUT2D eigenvalue weighted by molar-refractivity contribution is -0.120.